The third-order valence-electron chi connectivity index (χ3n) is 10.1. The second-order valence-electron chi connectivity index (χ2n) is 13.8. The maximum atomic E-state index is 8.17. The Kier molecular flexibility index (Phi) is 8.38. The van der Waals surface area contributed by atoms with Gasteiger partial charge in [-0.05, 0) is 49.4 Å². The number of nitrogens with one attached hydrogen (secondary N) is 1. The molecule has 0 amide bonds. The van der Waals surface area contributed by atoms with Crippen LogP contribution in [0.5, 0.6) is 0 Å². The Morgan fingerprint density at radius 1 is 0.526 bits per heavy atom. The number of anilines is 1. The van der Waals surface area contributed by atoms with E-state index in [4.69, 9.17) is 34.9 Å². The van der Waals surface area contributed by atoms with Crippen LogP contribution in [0.2, 0.25) is 0 Å². The largest absolute Gasteiger partial charge is 0.456 e. The summed E-state index contributed by atoms with van der Waals surface area (Å²) in [5.74, 6) is 2.37. The first-order valence-corrected chi connectivity index (χ1v) is 19.4. The summed E-state index contributed by atoms with van der Waals surface area (Å²) < 4.78 is 14.3. The lowest BCUT2D eigenvalue weighted by molar-refractivity contribution is 0.606. The average Bonchev–Trinajstić information content (AvgIpc) is 3.95. The number of aromatic nitrogens is 3. The van der Waals surface area contributed by atoms with Crippen LogP contribution in [-0.4, -0.2) is 20.7 Å². The van der Waals surface area contributed by atoms with E-state index in [-0.39, 0.29) is 0 Å². The smallest absolute Gasteiger partial charge is 0.176 e. The molecule has 11 aromatic rings. The van der Waals surface area contributed by atoms with Gasteiger partial charge < -0.3 is 14.6 Å². The monoisotopic (exact) mass is 755 g/mol. The number of nitrogens with two attached hydrogens (primary N) is 1. The number of benzene rings is 7. The summed E-state index contributed by atoms with van der Waals surface area (Å²) in [7, 11) is 0. The van der Waals surface area contributed by atoms with Crippen LogP contribution in [0.25, 0.3) is 87.2 Å². The van der Waals surface area contributed by atoms with Crippen LogP contribution in [0.1, 0.15) is 16.9 Å². The van der Waals surface area contributed by atoms with Crippen LogP contribution in [0.15, 0.2) is 173 Å². The lowest BCUT2D eigenvalue weighted by atomic mass is 10.0. The number of aryl methyl sites for hydroxylation is 1. The van der Waals surface area contributed by atoms with E-state index < -0.39 is 0 Å². The van der Waals surface area contributed by atoms with Crippen molar-refractivity contribution in [3.05, 3.63) is 181 Å². The van der Waals surface area contributed by atoms with Gasteiger partial charge in [-0.3, -0.25) is 5.41 Å². The van der Waals surface area contributed by atoms with Gasteiger partial charge in [0.2, 0.25) is 0 Å². The molecular weight excluding hydrogens is 723 g/mol. The highest BCUT2D eigenvalue weighted by Gasteiger charge is 2.20. The van der Waals surface area contributed by atoms with Crippen molar-refractivity contribution in [1.29, 1.82) is 5.41 Å². The van der Waals surface area contributed by atoms with Gasteiger partial charge in [0.25, 0.3) is 0 Å². The van der Waals surface area contributed by atoms with Crippen LogP contribution in [0.3, 0.4) is 0 Å². The summed E-state index contributed by atoms with van der Waals surface area (Å²) in [4.78, 5) is 15.2. The number of hydrogen-bond donors (Lipinski definition) is 2. The Labute approximate surface area is 331 Å². The summed E-state index contributed by atoms with van der Waals surface area (Å²) in [6.07, 6.45) is 0. The number of thiophene rings is 1. The quantitative estimate of drug-likeness (QED) is 0.169. The van der Waals surface area contributed by atoms with Crippen molar-refractivity contribution in [2.45, 2.75) is 6.92 Å². The molecule has 0 unspecified atom stereocenters. The van der Waals surface area contributed by atoms with Crippen molar-refractivity contribution < 1.29 is 8.83 Å². The summed E-state index contributed by atoms with van der Waals surface area (Å²) in [6, 6.07) is 54.3. The summed E-state index contributed by atoms with van der Waals surface area (Å²) >= 11 is 1.80. The normalized spacial score (nSPS) is 11.4. The van der Waals surface area contributed by atoms with E-state index >= 15 is 0 Å². The van der Waals surface area contributed by atoms with Gasteiger partial charge in [0.1, 0.15) is 22.5 Å². The zero-order chi connectivity index (χ0) is 38.5. The Hall–Kier alpha value is -7.42. The molecule has 272 valence electrons. The Balaban J connectivity index is 0.000000184. The molecular formula is C49H33N5O2S. The minimum Gasteiger partial charge on any atom is -0.456 e. The summed E-state index contributed by atoms with van der Waals surface area (Å²) in [5.41, 5.74) is 14.2. The zero-order valence-electron chi connectivity index (χ0n) is 30.7. The van der Waals surface area contributed by atoms with E-state index in [1.165, 1.54) is 25.7 Å². The fraction of sp³-hybridized carbons (Fsp3) is 0.0204. The van der Waals surface area contributed by atoms with Crippen LogP contribution in [0, 0.1) is 12.3 Å². The Morgan fingerprint density at radius 3 is 1.86 bits per heavy atom. The van der Waals surface area contributed by atoms with Crippen molar-refractivity contribution in [3.63, 3.8) is 0 Å². The molecule has 4 heterocycles. The standard InChI is InChI=1S/C34H21N3OS.C15H12N2O/c1-20-17-18-28-25(19-20)31-24(13-8-16-29(31)39-28)34-36-32(21-9-3-2-4-10-21)35-33(37-34)23-12-7-15-27-30(23)22-11-5-6-14-26(22)38-27;16-13(10-6-2-1-3-7-10)15-14(17)11-8-4-5-9-12(11)18-15/h2-19H,1H3;1-9,16H,17H2. The molecule has 3 N–H and O–H groups in total. The summed E-state index contributed by atoms with van der Waals surface area (Å²) in [5, 5.41) is 13.5. The van der Waals surface area contributed by atoms with Crippen LogP contribution in [0.4, 0.5) is 5.69 Å². The van der Waals surface area contributed by atoms with Gasteiger partial charge in [-0.1, -0.05) is 127 Å². The molecule has 11 rings (SSSR count). The van der Waals surface area contributed by atoms with Gasteiger partial charge in [0, 0.05) is 58.6 Å². The fourth-order valence-corrected chi connectivity index (χ4v) is 8.52. The van der Waals surface area contributed by atoms with E-state index in [1.807, 2.05) is 115 Å². The highest BCUT2D eigenvalue weighted by molar-refractivity contribution is 7.25. The molecule has 0 saturated carbocycles. The highest BCUT2D eigenvalue weighted by Crippen LogP contribution is 2.41. The lowest BCUT2D eigenvalue weighted by Crippen LogP contribution is -2.02. The second-order valence-corrected chi connectivity index (χ2v) is 14.9. The molecule has 0 spiro atoms. The van der Waals surface area contributed by atoms with Gasteiger partial charge in [0.15, 0.2) is 23.2 Å². The van der Waals surface area contributed by atoms with E-state index in [1.54, 1.807) is 11.3 Å². The second kappa shape index (κ2) is 14.0. The third-order valence-corrected chi connectivity index (χ3v) is 11.3. The average molecular weight is 756 g/mol. The third kappa shape index (κ3) is 6.09. The van der Waals surface area contributed by atoms with E-state index in [9.17, 15) is 0 Å². The van der Waals surface area contributed by atoms with Crippen LogP contribution >= 0.6 is 11.3 Å². The van der Waals surface area contributed by atoms with Crippen molar-refractivity contribution in [1.82, 2.24) is 15.0 Å². The fourth-order valence-electron chi connectivity index (χ4n) is 7.41. The first-order chi connectivity index (χ1) is 28.0. The first-order valence-electron chi connectivity index (χ1n) is 18.6. The van der Waals surface area contributed by atoms with Gasteiger partial charge in [-0.15, -0.1) is 11.3 Å². The number of fused-ring (bicyclic) bond motifs is 7. The van der Waals surface area contributed by atoms with Crippen molar-refractivity contribution in [2.75, 3.05) is 5.73 Å². The Morgan fingerprint density at radius 2 is 1.12 bits per heavy atom. The number of rotatable bonds is 5. The van der Waals surface area contributed by atoms with E-state index in [2.05, 4.69) is 55.5 Å². The molecule has 8 heteroatoms. The number of para-hydroxylation sites is 2. The topological polar surface area (TPSA) is 115 Å². The summed E-state index contributed by atoms with van der Waals surface area (Å²) in [6.45, 7) is 2.13. The molecule has 0 fully saturated rings. The minimum absolute atomic E-state index is 0.310. The maximum Gasteiger partial charge on any atom is 0.176 e. The first kappa shape index (κ1) is 34.1. The van der Waals surface area contributed by atoms with E-state index in [0.29, 0.717) is 40.2 Å². The molecule has 0 saturated heterocycles. The number of furan rings is 2. The molecule has 0 aliphatic rings. The van der Waals surface area contributed by atoms with Gasteiger partial charge in [0.05, 0.1) is 5.69 Å². The van der Waals surface area contributed by atoms with Crippen LogP contribution < -0.4 is 5.73 Å². The van der Waals surface area contributed by atoms with Gasteiger partial charge in [-0.2, -0.15) is 0 Å². The number of hydrogen-bond acceptors (Lipinski definition) is 8. The predicted molar refractivity (Wildman–Crippen MR) is 234 cm³/mol. The van der Waals surface area contributed by atoms with Gasteiger partial charge in [-0.25, -0.2) is 15.0 Å². The zero-order valence-corrected chi connectivity index (χ0v) is 31.5. The minimum atomic E-state index is 0.310. The SMILES string of the molecule is Cc1ccc2sc3cccc(-c4nc(-c5ccccc5)nc(-c5cccc6oc7ccccc7c56)n4)c3c2c1.N=C(c1ccccc1)c1oc2ccccc2c1N. The van der Waals surface area contributed by atoms with Crippen molar-refractivity contribution in [2.24, 2.45) is 0 Å². The highest BCUT2D eigenvalue weighted by atomic mass is 32.1. The molecule has 7 nitrogen and oxygen atoms in total. The number of nitrogens with zero attached hydrogens (tertiary/aromatic N) is 3. The lowest BCUT2D eigenvalue weighted by Gasteiger charge is -2.10. The molecule has 4 aromatic heterocycles. The molecule has 7 aromatic carbocycles. The molecule has 0 bridgehead atoms. The van der Waals surface area contributed by atoms with Gasteiger partial charge >= 0.3 is 0 Å². The molecule has 0 radical (unpaired) electrons. The van der Waals surface area contributed by atoms with Crippen LogP contribution in [-0.2, 0) is 0 Å². The molecule has 57 heavy (non-hydrogen) atoms. The van der Waals surface area contributed by atoms with Crippen molar-refractivity contribution >= 4 is 75.8 Å². The molecule has 0 atom stereocenters. The number of nitrogen functional groups attached to an aromatic ring is 1. The molecule has 0 aliphatic carbocycles. The predicted octanol–water partition coefficient (Wildman–Crippen LogP) is 12.9. The van der Waals surface area contributed by atoms with E-state index in [0.717, 1.165) is 49.6 Å². The Bertz CT molecular complexity index is 3290. The van der Waals surface area contributed by atoms with Crippen molar-refractivity contribution in [3.8, 4) is 34.2 Å². The molecule has 0 aliphatic heterocycles. The maximum absolute atomic E-state index is 8.17.